The highest BCUT2D eigenvalue weighted by atomic mass is 35.5. The van der Waals surface area contributed by atoms with Crippen LogP contribution in [0.5, 0.6) is 0 Å². The van der Waals surface area contributed by atoms with Crippen LogP contribution < -0.4 is 9.62 Å². The molecule has 0 aliphatic rings. The van der Waals surface area contributed by atoms with Crippen molar-refractivity contribution in [2.75, 3.05) is 17.1 Å². The average molecular weight is 559 g/mol. The Balaban J connectivity index is 2.48. The van der Waals surface area contributed by atoms with Gasteiger partial charge in [-0.25, -0.2) is 8.42 Å². The number of nitrogens with one attached hydrogen (secondary N) is 1. The maximum atomic E-state index is 13.5. The van der Waals surface area contributed by atoms with Crippen molar-refractivity contribution in [1.82, 2.24) is 10.2 Å². The fourth-order valence-electron chi connectivity index (χ4n) is 3.28. The fourth-order valence-corrected chi connectivity index (χ4v) is 4.64. The highest BCUT2D eigenvalue weighted by Gasteiger charge is 2.31. The number of rotatable bonds is 11. The second kappa shape index (κ2) is 12.4. The monoisotopic (exact) mass is 558 g/mol. The van der Waals surface area contributed by atoms with E-state index in [0.717, 1.165) is 16.6 Å². The van der Waals surface area contributed by atoms with E-state index in [-0.39, 0.29) is 34.0 Å². The van der Waals surface area contributed by atoms with E-state index in [1.54, 1.807) is 18.2 Å². The van der Waals surface area contributed by atoms with Crippen molar-refractivity contribution in [2.45, 2.75) is 45.8 Å². The minimum absolute atomic E-state index is 0.0625. The third-order valence-corrected chi connectivity index (χ3v) is 7.42. The SMILES string of the molecule is CC[C@@H](C)NC(=O)[C@@H](C)N(Cc1c(Cl)cccc1Cl)C(=O)CN(c1cccc([N+](=O)[O-])c1)S(C)(=O)=O. The molecular formula is C23H28Cl2N4O6S. The minimum Gasteiger partial charge on any atom is -0.352 e. The van der Waals surface area contributed by atoms with Crippen molar-refractivity contribution in [3.8, 4) is 0 Å². The van der Waals surface area contributed by atoms with Crippen LogP contribution in [0.4, 0.5) is 11.4 Å². The maximum Gasteiger partial charge on any atom is 0.271 e. The van der Waals surface area contributed by atoms with Crippen LogP contribution in [0.2, 0.25) is 10.0 Å². The predicted octanol–water partition coefficient (Wildman–Crippen LogP) is 4.00. The number of carbonyl (C=O) groups is 2. The Hall–Kier alpha value is -2.89. The summed E-state index contributed by atoms with van der Waals surface area (Å²) in [4.78, 5) is 38.2. The number of benzene rings is 2. The number of nitro benzene ring substituents is 1. The van der Waals surface area contributed by atoms with E-state index in [1.165, 1.54) is 30.0 Å². The van der Waals surface area contributed by atoms with Crippen molar-refractivity contribution >= 4 is 56.4 Å². The molecule has 0 spiro atoms. The third-order valence-electron chi connectivity index (χ3n) is 5.57. The smallest absolute Gasteiger partial charge is 0.271 e. The number of sulfonamides is 1. The number of hydrogen-bond acceptors (Lipinski definition) is 6. The van der Waals surface area contributed by atoms with Crippen LogP contribution in [-0.2, 0) is 26.2 Å². The molecule has 0 aliphatic carbocycles. The zero-order valence-corrected chi connectivity index (χ0v) is 22.6. The molecule has 36 heavy (non-hydrogen) atoms. The molecule has 0 heterocycles. The standard InChI is InChI=1S/C23H28Cl2N4O6S/c1-5-15(2)26-23(31)16(3)27(13-19-20(24)10-7-11-21(19)25)22(30)14-28(36(4,34)35)17-8-6-9-18(12-17)29(32)33/h6-12,15-16H,5,13-14H2,1-4H3,(H,26,31)/t15-,16-/m1/s1. The molecule has 196 valence electrons. The van der Waals surface area contributed by atoms with Gasteiger partial charge in [0.15, 0.2) is 0 Å². The van der Waals surface area contributed by atoms with Crippen molar-refractivity contribution in [1.29, 1.82) is 0 Å². The molecule has 0 bridgehead atoms. The largest absolute Gasteiger partial charge is 0.352 e. The lowest BCUT2D eigenvalue weighted by Crippen LogP contribution is -2.52. The van der Waals surface area contributed by atoms with Crippen LogP contribution in [0, 0.1) is 10.1 Å². The summed E-state index contributed by atoms with van der Waals surface area (Å²) in [6.07, 6.45) is 1.55. The Bertz CT molecular complexity index is 1220. The fraction of sp³-hybridized carbons (Fsp3) is 0.391. The molecule has 0 unspecified atom stereocenters. The molecular weight excluding hydrogens is 531 g/mol. The highest BCUT2D eigenvalue weighted by molar-refractivity contribution is 7.92. The second-order valence-corrected chi connectivity index (χ2v) is 11.0. The molecule has 0 aromatic heterocycles. The number of non-ortho nitro benzene ring substituents is 1. The summed E-state index contributed by atoms with van der Waals surface area (Å²) in [6, 6.07) is 8.57. The first-order valence-corrected chi connectivity index (χ1v) is 13.6. The number of nitro groups is 1. The van der Waals surface area contributed by atoms with Gasteiger partial charge in [-0.3, -0.25) is 24.0 Å². The first kappa shape index (κ1) is 29.3. The molecule has 1 N–H and O–H groups in total. The molecule has 0 fully saturated rings. The van der Waals surface area contributed by atoms with E-state index >= 15 is 0 Å². The molecule has 2 amide bonds. The van der Waals surface area contributed by atoms with Crippen molar-refractivity contribution < 1.29 is 22.9 Å². The van der Waals surface area contributed by atoms with Crippen LogP contribution in [0.15, 0.2) is 42.5 Å². The van der Waals surface area contributed by atoms with E-state index in [0.29, 0.717) is 12.0 Å². The molecule has 10 nitrogen and oxygen atoms in total. The van der Waals surface area contributed by atoms with Gasteiger partial charge in [0.05, 0.1) is 16.9 Å². The van der Waals surface area contributed by atoms with Crippen molar-refractivity contribution in [3.05, 3.63) is 68.2 Å². The van der Waals surface area contributed by atoms with Crippen molar-refractivity contribution in [2.24, 2.45) is 0 Å². The average Bonchev–Trinajstić information content (AvgIpc) is 2.81. The normalized spacial score (nSPS) is 12.9. The van der Waals surface area contributed by atoms with Crippen LogP contribution in [0.1, 0.15) is 32.8 Å². The summed E-state index contributed by atoms with van der Waals surface area (Å²) in [5.41, 5.74) is -0.0132. The zero-order chi connectivity index (χ0) is 27.2. The Morgan fingerprint density at radius 2 is 1.69 bits per heavy atom. The van der Waals surface area contributed by atoms with Gasteiger partial charge in [0.25, 0.3) is 5.69 Å². The van der Waals surface area contributed by atoms with Gasteiger partial charge in [0.2, 0.25) is 21.8 Å². The number of anilines is 1. The van der Waals surface area contributed by atoms with Gasteiger partial charge in [-0.05, 0) is 38.5 Å². The Kier molecular flexibility index (Phi) is 10.1. The summed E-state index contributed by atoms with van der Waals surface area (Å²) in [6.45, 7) is 4.35. The van der Waals surface area contributed by atoms with Crippen LogP contribution >= 0.6 is 23.2 Å². The lowest BCUT2D eigenvalue weighted by Gasteiger charge is -2.32. The second-order valence-electron chi connectivity index (χ2n) is 8.26. The zero-order valence-electron chi connectivity index (χ0n) is 20.3. The Morgan fingerprint density at radius 3 is 2.22 bits per heavy atom. The third kappa shape index (κ3) is 7.55. The van der Waals surface area contributed by atoms with Crippen LogP contribution in [0.3, 0.4) is 0 Å². The first-order chi connectivity index (χ1) is 16.8. The van der Waals surface area contributed by atoms with Gasteiger partial charge in [0.1, 0.15) is 12.6 Å². The summed E-state index contributed by atoms with van der Waals surface area (Å²) >= 11 is 12.6. The first-order valence-electron chi connectivity index (χ1n) is 11.0. The molecule has 13 heteroatoms. The number of carbonyl (C=O) groups excluding carboxylic acids is 2. The van der Waals surface area contributed by atoms with Gasteiger partial charge in [-0.2, -0.15) is 0 Å². The minimum atomic E-state index is -4.04. The lowest BCUT2D eigenvalue weighted by atomic mass is 10.1. The molecule has 0 radical (unpaired) electrons. The maximum absolute atomic E-state index is 13.5. The number of nitrogens with zero attached hydrogens (tertiary/aromatic N) is 3. The van der Waals surface area contributed by atoms with E-state index in [9.17, 15) is 28.1 Å². The topological polar surface area (TPSA) is 130 Å². The van der Waals surface area contributed by atoms with Gasteiger partial charge in [-0.15, -0.1) is 0 Å². The van der Waals surface area contributed by atoms with E-state index in [2.05, 4.69) is 5.32 Å². The highest BCUT2D eigenvalue weighted by Crippen LogP contribution is 2.28. The summed E-state index contributed by atoms with van der Waals surface area (Å²) in [5, 5.41) is 14.5. The molecule has 0 saturated heterocycles. The summed E-state index contributed by atoms with van der Waals surface area (Å²) in [5.74, 6) is -1.17. The van der Waals surface area contributed by atoms with E-state index in [1.807, 2.05) is 13.8 Å². The summed E-state index contributed by atoms with van der Waals surface area (Å²) < 4.78 is 25.9. The van der Waals surface area contributed by atoms with Crippen LogP contribution in [-0.4, -0.2) is 54.9 Å². The predicted molar refractivity (Wildman–Crippen MR) is 140 cm³/mol. The molecule has 0 saturated carbocycles. The van der Waals surface area contributed by atoms with Crippen LogP contribution in [0.25, 0.3) is 0 Å². The molecule has 2 atom stereocenters. The van der Waals surface area contributed by atoms with E-state index < -0.39 is 39.3 Å². The van der Waals surface area contributed by atoms with Gasteiger partial charge < -0.3 is 10.2 Å². The molecule has 2 aromatic rings. The van der Waals surface area contributed by atoms with Gasteiger partial charge in [-0.1, -0.05) is 42.3 Å². The van der Waals surface area contributed by atoms with E-state index in [4.69, 9.17) is 23.2 Å². The Labute approximate surface area is 220 Å². The number of amides is 2. The number of hydrogen-bond donors (Lipinski definition) is 1. The molecule has 0 aliphatic heterocycles. The lowest BCUT2D eigenvalue weighted by molar-refractivity contribution is -0.384. The Morgan fingerprint density at radius 1 is 1.11 bits per heavy atom. The summed E-state index contributed by atoms with van der Waals surface area (Å²) in [7, 11) is -4.04. The van der Waals surface area contributed by atoms with Crippen molar-refractivity contribution in [3.63, 3.8) is 0 Å². The molecule has 2 aromatic carbocycles. The molecule has 2 rings (SSSR count). The number of halogens is 2. The quantitative estimate of drug-likeness (QED) is 0.327. The van der Waals surface area contributed by atoms with Gasteiger partial charge >= 0.3 is 0 Å². The van der Waals surface area contributed by atoms with Gasteiger partial charge in [0, 0.05) is 40.3 Å².